The molecule has 0 saturated carbocycles. The van der Waals surface area contributed by atoms with Gasteiger partial charge in [-0.15, -0.1) is 0 Å². The SMILES string of the molecule is COc1ccc(C2CNNC2c2ccc(OCc3ccccc3)cc2O)cc1OC. The highest BCUT2D eigenvalue weighted by Gasteiger charge is 2.32. The molecule has 1 heterocycles. The van der Waals surface area contributed by atoms with E-state index in [1.54, 1.807) is 20.3 Å². The fourth-order valence-corrected chi connectivity index (χ4v) is 3.80. The summed E-state index contributed by atoms with van der Waals surface area (Å²) < 4.78 is 16.6. The van der Waals surface area contributed by atoms with Crippen molar-refractivity contribution in [3.63, 3.8) is 0 Å². The smallest absolute Gasteiger partial charge is 0.160 e. The van der Waals surface area contributed by atoms with Gasteiger partial charge in [0.1, 0.15) is 18.1 Å². The zero-order valence-corrected chi connectivity index (χ0v) is 17.1. The van der Waals surface area contributed by atoms with Crippen LogP contribution in [0.25, 0.3) is 0 Å². The molecule has 156 valence electrons. The Kier molecular flexibility index (Phi) is 6.07. The summed E-state index contributed by atoms with van der Waals surface area (Å²) in [6.45, 7) is 1.18. The fraction of sp³-hybridized carbons (Fsp3) is 0.250. The zero-order chi connectivity index (χ0) is 20.9. The van der Waals surface area contributed by atoms with Crippen molar-refractivity contribution >= 4 is 0 Å². The van der Waals surface area contributed by atoms with E-state index in [2.05, 4.69) is 10.9 Å². The van der Waals surface area contributed by atoms with Gasteiger partial charge in [0.25, 0.3) is 0 Å². The van der Waals surface area contributed by atoms with E-state index in [0.717, 1.165) is 23.2 Å². The second-order valence-corrected chi connectivity index (χ2v) is 7.22. The number of methoxy groups -OCH3 is 2. The maximum Gasteiger partial charge on any atom is 0.160 e. The average molecular weight is 406 g/mol. The van der Waals surface area contributed by atoms with Crippen molar-refractivity contribution in [1.29, 1.82) is 0 Å². The lowest BCUT2D eigenvalue weighted by molar-refractivity contribution is 0.304. The summed E-state index contributed by atoms with van der Waals surface area (Å²) in [5.41, 5.74) is 9.48. The Morgan fingerprint density at radius 1 is 0.933 bits per heavy atom. The molecule has 0 spiro atoms. The van der Waals surface area contributed by atoms with Gasteiger partial charge in [-0.1, -0.05) is 42.5 Å². The van der Waals surface area contributed by atoms with Crippen LogP contribution in [-0.2, 0) is 6.61 Å². The standard InChI is InChI=1S/C24H26N2O4/c1-28-22-11-8-17(12-23(22)29-2)20-14-25-26-24(20)19-10-9-18(13-21(19)27)30-15-16-6-4-3-5-7-16/h3-13,20,24-27H,14-15H2,1-2H3. The molecular formula is C24H26N2O4. The van der Waals surface area contributed by atoms with E-state index in [1.165, 1.54) is 0 Å². The number of hydrogen-bond acceptors (Lipinski definition) is 6. The third kappa shape index (κ3) is 4.20. The third-order valence-corrected chi connectivity index (χ3v) is 5.40. The van der Waals surface area contributed by atoms with Gasteiger partial charge in [0.05, 0.1) is 20.3 Å². The van der Waals surface area contributed by atoms with Gasteiger partial charge in [0.15, 0.2) is 11.5 Å². The van der Waals surface area contributed by atoms with Crippen molar-refractivity contribution < 1.29 is 19.3 Å². The Balaban J connectivity index is 1.52. The van der Waals surface area contributed by atoms with E-state index in [0.29, 0.717) is 23.9 Å². The number of benzene rings is 3. The summed E-state index contributed by atoms with van der Waals surface area (Å²) >= 11 is 0. The molecule has 3 aromatic carbocycles. The van der Waals surface area contributed by atoms with Gasteiger partial charge in [0, 0.05) is 24.1 Å². The molecule has 0 bridgehead atoms. The largest absolute Gasteiger partial charge is 0.507 e. The molecule has 1 aliphatic rings. The summed E-state index contributed by atoms with van der Waals surface area (Å²) in [5, 5.41) is 10.7. The minimum atomic E-state index is -0.0914. The molecule has 2 unspecified atom stereocenters. The molecule has 1 fully saturated rings. The third-order valence-electron chi connectivity index (χ3n) is 5.40. The van der Waals surface area contributed by atoms with Crippen LogP contribution in [0, 0.1) is 0 Å². The topological polar surface area (TPSA) is 72.0 Å². The van der Waals surface area contributed by atoms with E-state index < -0.39 is 0 Å². The molecule has 3 N–H and O–H groups in total. The summed E-state index contributed by atoms with van der Waals surface area (Å²) in [7, 11) is 3.25. The summed E-state index contributed by atoms with van der Waals surface area (Å²) in [5.74, 6) is 2.33. The monoisotopic (exact) mass is 406 g/mol. The fourth-order valence-electron chi connectivity index (χ4n) is 3.80. The van der Waals surface area contributed by atoms with Crippen LogP contribution in [0.1, 0.15) is 28.7 Å². The maximum absolute atomic E-state index is 10.7. The molecule has 1 saturated heterocycles. The molecule has 4 rings (SSSR count). The van der Waals surface area contributed by atoms with Crippen LogP contribution in [0.4, 0.5) is 0 Å². The van der Waals surface area contributed by atoms with Crippen molar-refractivity contribution in [3.8, 4) is 23.0 Å². The minimum Gasteiger partial charge on any atom is -0.507 e. The molecule has 0 radical (unpaired) electrons. The zero-order valence-electron chi connectivity index (χ0n) is 17.1. The second-order valence-electron chi connectivity index (χ2n) is 7.22. The maximum atomic E-state index is 10.7. The van der Waals surface area contributed by atoms with Crippen LogP contribution < -0.4 is 25.1 Å². The van der Waals surface area contributed by atoms with Crippen molar-refractivity contribution in [2.24, 2.45) is 0 Å². The average Bonchev–Trinajstić information content (AvgIpc) is 3.27. The van der Waals surface area contributed by atoms with E-state index in [-0.39, 0.29) is 17.7 Å². The first-order valence-electron chi connectivity index (χ1n) is 9.89. The molecule has 0 aliphatic carbocycles. The number of ether oxygens (including phenoxy) is 3. The highest BCUT2D eigenvalue weighted by atomic mass is 16.5. The van der Waals surface area contributed by atoms with Crippen molar-refractivity contribution in [2.75, 3.05) is 20.8 Å². The molecule has 6 nitrogen and oxygen atoms in total. The molecule has 6 heteroatoms. The molecule has 2 atom stereocenters. The lowest BCUT2D eigenvalue weighted by atomic mass is 9.88. The van der Waals surface area contributed by atoms with Crippen molar-refractivity contribution in [3.05, 3.63) is 83.4 Å². The van der Waals surface area contributed by atoms with Gasteiger partial charge in [-0.3, -0.25) is 5.43 Å². The predicted molar refractivity (Wildman–Crippen MR) is 115 cm³/mol. The molecule has 1 aliphatic heterocycles. The first kappa shape index (κ1) is 20.1. The Labute approximate surface area is 176 Å². The second kappa shape index (κ2) is 9.07. The van der Waals surface area contributed by atoms with Gasteiger partial charge in [-0.2, -0.15) is 0 Å². The number of aromatic hydroxyl groups is 1. The quantitative estimate of drug-likeness (QED) is 0.552. The first-order valence-corrected chi connectivity index (χ1v) is 9.89. The van der Waals surface area contributed by atoms with Gasteiger partial charge >= 0.3 is 0 Å². The van der Waals surface area contributed by atoms with Crippen LogP contribution >= 0.6 is 0 Å². The number of phenols is 1. The normalized spacial score (nSPS) is 18.2. The molecule has 3 aromatic rings. The van der Waals surface area contributed by atoms with E-state index in [1.807, 2.05) is 60.7 Å². The van der Waals surface area contributed by atoms with Crippen molar-refractivity contribution in [1.82, 2.24) is 10.9 Å². The summed E-state index contributed by atoms with van der Waals surface area (Å²) in [6.07, 6.45) is 0. The van der Waals surface area contributed by atoms with E-state index in [9.17, 15) is 5.11 Å². The Hall–Kier alpha value is -3.22. The molecule has 0 amide bonds. The minimum absolute atomic E-state index is 0.0914. The number of phenolic OH excluding ortho intramolecular Hbond substituents is 1. The van der Waals surface area contributed by atoms with Crippen LogP contribution in [0.2, 0.25) is 0 Å². The van der Waals surface area contributed by atoms with Gasteiger partial charge in [0.2, 0.25) is 0 Å². The van der Waals surface area contributed by atoms with Crippen molar-refractivity contribution in [2.45, 2.75) is 18.6 Å². The lowest BCUT2D eigenvalue weighted by Gasteiger charge is -2.21. The van der Waals surface area contributed by atoms with Crippen LogP contribution in [0.15, 0.2) is 66.7 Å². The summed E-state index contributed by atoms with van der Waals surface area (Å²) in [4.78, 5) is 0. The highest BCUT2D eigenvalue weighted by molar-refractivity contribution is 5.47. The van der Waals surface area contributed by atoms with Gasteiger partial charge in [-0.25, -0.2) is 5.43 Å². The summed E-state index contributed by atoms with van der Waals surface area (Å²) in [6, 6.07) is 21.3. The highest BCUT2D eigenvalue weighted by Crippen LogP contribution is 2.40. The molecule has 0 aromatic heterocycles. The van der Waals surface area contributed by atoms with Crippen LogP contribution in [0.5, 0.6) is 23.0 Å². The predicted octanol–water partition coefficient (Wildman–Crippen LogP) is 3.92. The number of hydrogen-bond donors (Lipinski definition) is 3. The number of rotatable bonds is 7. The van der Waals surface area contributed by atoms with Gasteiger partial charge < -0.3 is 19.3 Å². The van der Waals surface area contributed by atoms with E-state index in [4.69, 9.17) is 14.2 Å². The molecular weight excluding hydrogens is 380 g/mol. The molecule has 30 heavy (non-hydrogen) atoms. The van der Waals surface area contributed by atoms with E-state index >= 15 is 0 Å². The Bertz CT molecular complexity index is 994. The van der Waals surface area contributed by atoms with Crippen LogP contribution in [0.3, 0.4) is 0 Å². The Morgan fingerprint density at radius 3 is 2.47 bits per heavy atom. The number of nitrogens with one attached hydrogen (secondary N) is 2. The lowest BCUT2D eigenvalue weighted by Crippen LogP contribution is -2.25. The first-order chi connectivity index (χ1) is 14.7. The van der Waals surface area contributed by atoms with Gasteiger partial charge in [-0.05, 0) is 29.3 Å². The van der Waals surface area contributed by atoms with Crippen LogP contribution in [-0.4, -0.2) is 25.9 Å². The Morgan fingerprint density at radius 2 is 1.73 bits per heavy atom. The number of hydrazine groups is 1.